The van der Waals surface area contributed by atoms with Gasteiger partial charge in [-0.2, -0.15) is 0 Å². The topological polar surface area (TPSA) is 54.3 Å². The molecule has 5 rings (SSSR count). The number of aromatic nitrogens is 2. The summed E-state index contributed by atoms with van der Waals surface area (Å²) >= 11 is 0. The monoisotopic (exact) mass is 365 g/mol. The first-order valence-electron chi connectivity index (χ1n) is 9.80. The van der Waals surface area contributed by atoms with Gasteiger partial charge in [-0.25, -0.2) is 0 Å². The fourth-order valence-corrected chi connectivity index (χ4v) is 5.66. The Kier molecular flexibility index (Phi) is 3.75. The summed E-state index contributed by atoms with van der Waals surface area (Å²) in [5.41, 5.74) is 5.97. The van der Waals surface area contributed by atoms with Gasteiger partial charge in [0.15, 0.2) is 0 Å². The second-order valence-corrected chi connectivity index (χ2v) is 8.37. The van der Waals surface area contributed by atoms with Crippen LogP contribution in [0.1, 0.15) is 34.6 Å². The Morgan fingerprint density at radius 3 is 2.96 bits per heavy atom. The van der Waals surface area contributed by atoms with E-state index < -0.39 is 0 Å². The molecular formula is C22H27N3O2. The van der Waals surface area contributed by atoms with Crippen molar-refractivity contribution < 1.29 is 9.26 Å². The third-order valence-electron chi connectivity index (χ3n) is 6.90. The molecule has 1 aliphatic heterocycles. The lowest BCUT2D eigenvalue weighted by Gasteiger charge is -2.53. The third kappa shape index (κ3) is 2.34. The van der Waals surface area contributed by atoms with Crippen molar-refractivity contribution in [2.24, 2.45) is 5.92 Å². The fraction of sp³-hybridized carbons (Fsp3) is 0.500. The first-order valence-corrected chi connectivity index (χ1v) is 9.80. The van der Waals surface area contributed by atoms with E-state index in [2.05, 4.69) is 46.5 Å². The standard InChI is InChI=1S/C22H27N3O2/c1-13-17(14(2)27-24-13)8-15-10-22(26-4)18-6-5-7-19-21(18)16(11-23-19)9-20(22)25(3)12-15/h5-7,11,15,20,23H,8-10,12H2,1-4H3/t15?,20-,22+/m1/s1. The van der Waals surface area contributed by atoms with Crippen molar-refractivity contribution in [1.82, 2.24) is 15.0 Å². The van der Waals surface area contributed by atoms with E-state index in [0.717, 1.165) is 37.3 Å². The minimum absolute atomic E-state index is 0.272. The third-order valence-corrected chi connectivity index (χ3v) is 6.90. The molecule has 0 bridgehead atoms. The molecule has 1 fully saturated rings. The molecule has 2 aromatic heterocycles. The summed E-state index contributed by atoms with van der Waals surface area (Å²) in [6.07, 6.45) is 5.21. The molecule has 0 radical (unpaired) electrons. The van der Waals surface area contributed by atoms with Gasteiger partial charge in [-0.1, -0.05) is 17.3 Å². The van der Waals surface area contributed by atoms with Crippen LogP contribution in [0.4, 0.5) is 0 Å². The second-order valence-electron chi connectivity index (χ2n) is 8.37. The van der Waals surface area contributed by atoms with Crippen molar-refractivity contribution in [2.75, 3.05) is 20.7 Å². The number of aromatic amines is 1. The predicted octanol–water partition coefficient (Wildman–Crippen LogP) is 3.73. The first kappa shape index (κ1) is 17.0. The van der Waals surface area contributed by atoms with Crippen LogP contribution in [0.5, 0.6) is 0 Å². The van der Waals surface area contributed by atoms with Gasteiger partial charge in [0.05, 0.1) is 5.69 Å². The van der Waals surface area contributed by atoms with Gasteiger partial charge in [-0.3, -0.25) is 4.90 Å². The van der Waals surface area contributed by atoms with Crippen molar-refractivity contribution in [1.29, 1.82) is 0 Å². The number of H-pyrrole nitrogens is 1. The SMILES string of the molecule is CO[C@]12CC(Cc3c(C)noc3C)CN(C)[C@@H]1Cc1c[nH]c3cccc2c13. The number of rotatable bonds is 3. The zero-order valence-electron chi connectivity index (χ0n) is 16.5. The maximum absolute atomic E-state index is 6.38. The van der Waals surface area contributed by atoms with Crippen molar-refractivity contribution >= 4 is 10.9 Å². The molecule has 27 heavy (non-hydrogen) atoms. The smallest absolute Gasteiger partial charge is 0.137 e. The van der Waals surface area contributed by atoms with E-state index in [1.54, 1.807) is 0 Å². The summed E-state index contributed by atoms with van der Waals surface area (Å²) in [7, 11) is 4.13. The Labute approximate surface area is 159 Å². The van der Waals surface area contributed by atoms with E-state index in [-0.39, 0.29) is 5.60 Å². The van der Waals surface area contributed by atoms with Crippen LogP contribution in [0, 0.1) is 19.8 Å². The molecule has 1 unspecified atom stereocenters. The van der Waals surface area contributed by atoms with E-state index >= 15 is 0 Å². The zero-order chi connectivity index (χ0) is 18.8. The highest BCUT2D eigenvalue weighted by Gasteiger charge is 2.51. The van der Waals surface area contributed by atoms with Gasteiger partial charge >= 0.3 is 0 Å². The van der Waals surface area contributed by atoms with Crippen LogP contribution in [-0.4, -0.2) is 41.8 Å². The van der Waals surface area contributed by atoms with Crippen LogP contribution >= 0.6 is 0 Å². The van der Waals surface area contributed by atoms with Gasteiger partial charge in [0.2, 0.25) is 0 Å². The van der Waals surface area contributed by atoms with E-state index in [0.29, 0.717) is 12.0 Å². The summed E-state index contributed by atoms with van der Waals surface area (Å²) in [6, 6.07) is 6.94. The maximum Gasteiger partial charge on any atom is 0.137 e. The van der Waals surface area contributed by atoms with Crippen LogP contribution in [0.2, 0.25) is 0 Å². The highest BCUT2D eigenvalue weighted by atomic mass is 16.5. The number of nitrogens with zero attached hydrogens (tertiary/aromatic N) is 2. The molecule has 3 atom stereocenters. The van der Waals surface area contributed by atoms with Crippen molar-refractivity contribution in [3.63, 3.8) is 0 Å². The van der Waals surface area contributed by atoms with Gasteiger partial charge in [0, 0.05) is 42.4 Å². The van der Waals surface area contributed by atoms with E-state index in [4.69, 9.17) is 9.26 Å². The number of likely N-dealkylation sites (tertiary alicyclic amines) is 1. The van der Waals surface area contributed by atoms with Crippen molar-refractivity contribution in [2.45, 2.75) is 44.8 Å². The molecule has 0 amide bonds. The average molecular weight is 365 g/mol. The average Bonchev–Trinajstić information content (AvgIpc) is 3.22. The molecule has 1 aliphatic carbocycles. The van der Waals surface area contributed by atoms with Crippen molar-refractivity contribution in [3.05, 3.63) is 52.5 Å². The largest absolute Gasteiger partial charge is 0.372 e. The highest BCUT2D eigenvalue weighted by molar-refractivity contribution is 5.88. The number of ether oxygens (including phenoxy) is 1. The van der Waals surface area contributed by atoms with Gasteiger partial charge in [-0.05, 0) is 63.3 Å². The summed E-state index contributed by atoms with van der Waals surface area (Å²) in [4.78, 5) is 5.96. The van der Waals surface area contributed by atoms with Crippen molar-refractivity contribution in [3.8, 4) is 0 Å². The molecule has 1 N–H and O–H groups in total. The molecule has 5 heteroatoms. The van der Waals surface area contributed by atoms with Gasteiger partial charge in [0.1, 0.15) is 11.4 Å². The lowest BCUT2D eigenvalue weighted by molar-refractivity contribution is -0.125. The minimum atomic E-state index is -0.272. The summed E-state index contributed by atoms with van der Waals surface area (Å²) in [5.74, 6) is 1.45. The Bertz CT molecular complexity index is 985. The number of hydrogen-bond acceptors (Lipinski definition) is 4. The van der Waals surface area contributed by atoms with Crippen LogP contribution in [0.25, 0.3) is 10.9 Å². The normalized spacial score (nSPS) is 27.9. The van der Waals surface area contributed by atoms with E-state index in [9.17, 15) is 0 Å². The molecule has 3 heterocycles. The summed E-state index contributed by atoms with van der Waals surface area (Å²) in [5, 5.41) is 5.51. The van der Waals surface area contributed by atoms with Crippen LogP contribution in [-0.2, 0) is 23.2 Å². The maximum atomic E-state index is 6.38. The molecule has 3 aromatic rings. The number of aryl methyl sites for hydroxylation is 2. The predicted molar refractivity (Wildman–Crippen MR) is 105 cm³/mol. The van der Waals surface area contributed by atoms with Crippen LogP contribution in [0.3, 0.4) is 0 Å². The molecule has 0 spiro atoms. The Morgan fingerprint density at radius 1 is 1.37 bits per heavy atom. The number of nitrogens with one attached hydrogen (secondary N) is 1. The molecule has 1 aromatic carbocycles. The van der Waals surface area contributed by atoms with Crippen LogP contribution < -0.4 is 0 Å². The Morgan fingerprint density at radius 2 is 2.22 bits per heavy atom. The summed E-state index contributed by atoms with van der Waals surface area (Å²) < 4.78 is 11.8. The minimum Gasteiger partial charge on any atom is -0.372 e. The van der Waals surface area contributed by atoms with E-state index in [1.165, 1.54) is 27.6 Å². The fourth-order valence-electron chi connectivity index (χ4n) is 5.66. The molecule has 142 valence electrons. The number of hydrogen-bond donors (Lipinski definition) is 1. The van der Waals surface area contributed by atoms with Gasteiger partial charge in [0.25, 0.3) is 0 Å². The number of fused-ring (bicyclic) bond motifs is 2. The second kappa shape index (κ2) is 5.94. The molecular weight excluding hydrogens is 338 g/mol. The molecule has 2 aliphatic rings. The van der Waals surface area contributed by atoms with Gasteiger partial charge in [-0.15, -0.1) is 0 Å². The summed E-state index contributed by atoms with van der Waals surface area (Å²) in [6.45, 7) is 5.13. The van der Waals surface area contributed by atoms with E-state index in [1.807, 2.05) is 21.0 Å². The Hall–Kier alpha value is -2.11. The quantitative estimate of drug-likeness (QED) is 0.768. The van der Waals surface area contributed by atoms with Crippen LogP contribution in [0.15, 0.2) is 28.9 Å². The molecule has 1 saturated heterocycles. The molecule has 5 nitrogen and oxygen atoms in total. The Balaban J connectivity index is 1.59. The zero-order valence-corrected chi connectivity index (χ0v) is 16.5. The van der Waals surface area contributed by atoms with Gasteiger partial charge < -0.3 is 14.2 Å². The molecule has 0 saturated carbocycles. The number of benzene rings is 1. The number of piperidine rings is 1. The first-order chi connectivity index (χ1) is 13.0. The number of methoxy groups -OCH3 is 1. The number of likely N-dealkylation sites (N-methyl/N-ethyl adjacent to an activating group) is 1. The highest BCUT2D eigenvalue weighted by Crippen LogP contribution is 2.49. The lowest BCUT2D eigenvalue weighted by atomic mass is 9.68. The lowest BCUT2D eigenvalue weighted by Crippen LogP contribution is -2.59.